The quantitative estimate of drug-likeness (QED) is 0.681. The van der Waals surface area contributed by atoms with Gasteiger partial charge in [0.2, 0.25) is 0 Å². The number of amides is 2. The standard InChI is InChI=1S/C15H20N2O4/c18-14(19)7-8-16-15(20)17-9-12-3-1-2-4-13(12)21-10-11-5-6-11/h1-4,11H,5-10H2,(H,18,19)(H2,16,17,20). The van der Waals surface area contributed by atoms with E-state index in [2.05, 4.69) is 10.6 Å². The van der Waals surface area contributed by atoms with Gasteiger partial charge in [0.25, 0.3) is 0 Å². The number of aliphatic carboxylic acids is 1. The predicted molar refractivity (Wildman–Crippen MR) is 77.2 cm³/mol. The molecule has 0 unspecified atom stereocenters. The zero-order valence-corrected chi connectivity index (χ0v) is 11.8. The van der Waals surface area contributed by atoms with Crippen LogP contribution in [-0.4, -0.2) is 30.3 Å². The highest BCUT2D eigenvalue weighted by molar-refractivity contribution is 5.75. The van der Waals surface area contributed by atoms with Crippen LogP contribution in [0.3, 0.4) is 0 Å². The number of para-hydroxylation sites is 1. The van der Waals surface area contributed by atoms with E-state index in [1.807, 2.05) is 24.3 Å². The van der Waals surface area contributed by atoms with Gasteiger partial charge < -0.3 is 20.5 Å². The van der Waals surface area contributed by atoms with Gasteiger partial charge in [-0.1, -0.05) is 18.2 Å². The number of carbonyl (C=O) groups excluding carboxylic acids is 1. The summed E-state index contributed by atoms with van der Waals surface area (Å²) < 4.78 is 5.76. The molecule has 0 bridgehead atoms. The molecule has 1 saturated carbocycles. The first-order valence-corrected chi connectivity index (χ1v) is 7.09. The first-order chi connectivity index (χ1) is 10.1. The van der Waals surface area contributed by atoms with Crippen LogP contribution in [0.5, 0.6) is 5.75 Å². The third-order valence-corrected chi connectivity index (χ3v) is 3.21. The van der Waals surface area contributed by atoms with Crippen LogP contribution in [0.2, 0.25) is 0 Å². The molecule has 0 saturated heterocycles. The Labute approximate surface area is 123 Å². The summed E-state index contributed by atoms with van der Waals surface area (Å²) >= 11 is 0. The molecule has 6 nitrogen and oxygen atoms in total. The highest BCUT2D eigenvalue weighted by Gasteiger charge is 2.22. The minimum Gasteiger partial charge on any atom is -0.493 e. The van der Waals surface area contributed by atoms with Gasteiger partial charge in [0.15, 0.2) is 0 Å². The fourth-order valence-electron chi connectivity index (χ4n) is 1.80. The summed E-state index contributed by atoms with van der Waals surface area (Å²) in [7, 11) is 0. The summed E-state index contributed by atoms with van der Waals surface area (Å²) in [5, 5.41) is 13.7. The predicted octanol–water partition coefficient (Wildman–Crippen LogP) is 1.75. The number of urea groups is 1. The molecule has 2 amide bonds. The van der Waals surface area contributed by atoms with Crippen LogP contribution < -0.4 is 15.4 Å². The molecular weight excluding hydrogens is 272 g/mol. The van der Waals surface area contributed by atoms with Crippen molar-refractivity contribution in [2.75, 3.05) is 13.2 Å². The lowest BCUT2D eigenvalue weighted by molar-refractivity contribution is -0.136. The van der Waals surface area contributed by atoms with E-state index < -0.39 is 5.97 Å². The molecule has 3 N–H and O–H groups in total. The number of carboxylic acid groups (broad SMARTS) is 1. The third kappa shape index (κ3) is 5.72. The average molecular weight is 292 g/mol. The van der Waals surface area contributed by atoms with E-state index in [1.54, 1.807) is 0 Å². The van der Waals surface area contributed by atoms with Crippen molar-refractivity contribution >= 4 is 12.0 Å². The van der Waals surface area contributed by atoms with E-state index in [0.717, 1.165) is 17.9 Å². The van der Waals surface area contributed by atoms with Crippen molar-refractivity contribution in [3.63, 3.8) is 0 Å². The fraction of sp³-hybridized carbons (Fsp3) is 0.467. The van der Waals surface area contributed by atoms with Crippen LogP contribution in [0.25, 0.3) is 0 Å². The number of hydrogen-bond donors (Lipinski definition) is 3. The van der Waals surface area contributed by atoms with Crippen LogP contribution in [0, 0.1) is 5.92 Å². The van der Waals surface area contributed by atoms with Crippen LogP contribution in [0.15, 0.2) is 24.3 Å². The number of benzene rings is 1. The molecule has 2 rings (SSSR count). The molecule has 0 spiro atoms. The molecule has 0 aliphatic heterocycles. The van der Waals surface area contributed by atoms with E-state index in [1.165, 1.54) is 12.8 Å². The Balaban J connectivity index is 1.75. The Morgan fingerprint density at radius 1 is 1.24 bits per heavy atom. The van der Waals surface area contributed by atoms with Gasteiger partial charge in [-0.2, -0.15) is 0 Å². The smallest absolute Gasteiger partial charge is 0.315 e. The Morgan fingerprint density at radius 3 is 2.71 bits per heavy atom. The van der Waals surface area contributed by atoms with Gasteiger partial charge in [-0.05, 0) is 24.8 Å². The highest BCUT2D eigenvalue weighted by Crippen LogP contribution is 2.30. The van der Waals surface area contributed by atoms with E-state index in [-0.39, 0.29) is 19.0 Å². The van der Waals surface area contributed by atoms with Crippen LogP contribution in [0.1, 0.15) is 24.8 Å². The van der Waals surface area contributed by atoms with Crippen molar-refractivity contribution in [3.8, 4) is 5.75 Å². The molecule has 0 radical (unpaired) electrons. The molecule has 0 heterocycles. The van der Waals surface area contributed by atoms with Crippen molar-refractivity contribution in [3.05, 3.63) is 29.8 Å². The SMILES string of the molecule is O=C(O)CCNC(=O)NCc1ccccc1OCC1CC1. The molecule has 0 atom stereocenters. The van der Waals surface area contributed by atoms with Gasteiger partial charge in [-0.25, -0.2) is 4.79 Å². The molecule has 21 heavy (non-hydrogen) atoms. The number of carboxylic acids is 1. The molecule has 1 aromatic rings. The normalized spacial score (nSPS) is 13.5. The maximum absolute atomic E-state index is 11.5. The first kappa shape index (κ1) is 15.2. The van der Waals surface area contributed by atoms with Gasteiger partial charge in [0.1, 0.15) is 5.75 Å². The largest absolute Gasteiger partial charge is 0.493 e. The van der Waals surface area contributed by atoms with Crippen molar-refractivity contribution < 1.29 is 19.4 Å². The molecule has 1 aromatic carbocycles. The molecule has 114 valence electrons. The van der Waals surface area contributed by atoms with E-state index in [9.17, 15) is 9.59 Å². The lowest BCUT2D eigenvalue weighted by Gasteiger charge is -2.12. The van der Waals surface area contributed by atoms with Crippen molar-refractivity contribution in [1.82, 2.24) is 10.6 Å². The van der Waals surface area contributed by atoms with Crippen LogP contribution in [0.4, 0.5) is 4.79 Å². The van der Waals surface area contributed by atoms with Crippen LogP contribution >= 0.6 is 0 Å². The first-order valence-electron chi connectivity index (χ1n) is 7.09. The number of rotatable bonds is 8. The minimum atomic E-state index is -0.936. The summed E-state index contributed by atoms with van der Waals surface area (Å²) in [4.78, 5) is 21.9. The van der Waals surface area contributed by atoms with Crippen molar-refractivity contribution in [2.45, 2.75) is 25.8 Å². The summed E-state index contributed by atoms with van der Waals surface area (Å²) in [6.45, 7) is 1.18. The van der Waals surface area contributed by atoms with Gasteiger partial charge in [0.05, 0.1) is 13.0 Å². The number of nitrogens with one attached hydrogen (secondary N) is 2. The zero-order valence-electron chi connectivity index (χ0n) is 11.8. The number of ether oxygens (including phenoxy) is 1. The lowest BCUT2D eigenvalue weighted by atomic mass is 10.2. The second kappa shape index (κ2) is 7.52. The topological polar surface area (TPSA) is 87.7 Å². The maximum atomic E-state index is 11.5. The molecule has 0 aromatic heterocycles. The molecule has 1 fully saturated rings. The molecule has 1 aliphatic rings. The van der Waals surface area contributed by atoms with Crippen molar-refractivity contribution in [1.29, 1.82) is 0 Å². The Morgan fingerprint density at radius 2 is 2.00 bits per heavy atom. The van der Waals surface area contributed by atoms with E-state index in [4.69, 9.17) is 9.84 Å². The highest BCUT2D eigenvalue weighted by atomic mass is 16.5. The average Bonchev–Trinajstić information content (AvgIpc) is 3.27. The van der Waals surface area contributed by atoms with E-state index >= 15 is 0 Å². The van der Waals surface area contributed by atoms with E-state index in [0.29, 0.717) is 12.5 Å². The second-order valence-corrected chi connectivity index (χ2v) is 5.12. The zero-order chi connectivity index (χ0) is 15.1. The summed E-state index contributed by atoms with van der Waals surface area (Å²) in [5.74, 6) is 0.523. The molecular formula is C15H20N2O4. The Hall–Kier alpha value is -2.24. The van der Waals surface area contributed by atoms with Gasteiger partial charge in [-0.3, -0.25) is 4.79 Å². The Kier molecular flexibility index (Phi) is 5.43. The third-order valence-electron chi connectivity index (χ3n) is 3.21. The monoisotopic (exact) mass is 292 g/mol. The van der Waals surface area contributed by atoms with Crippen LogP contribution in [-0.2, 0) is 11.3 Å². The lowest BCUT2D eigenvalue weighted by Crippen LogP contribution is -2.36. The Bertz CT molecular complexity index is 500. The fourth-order valence-corrected chi connectivity index (χ4v) is 1.80. The van der Waals surface area contributed by atoms with Gasteiger partial charge in [-0.15, -0.1) is 0 Å². The molecule has 1 aliphatic carbocycles. The summed E-state index contributed by atoms with van der Waals surface area (Å²) in [5.41, 5.74) is 0.909. The van der Waals surface area contributed by atoms with Crippen molar-refractivity contribution in [2.24, 2.45) is 5.92 Å². The summed E-state index contributed by atoms with van der Waals surface area (Å²) in [6, 6.07) is 7.21. The molecule has 6 heteroatoms. The van der Waals surface area contributed by atoms with Gasteiger partial charge in [0, 0.05) is 18.7 Å². The number of carbonyl (C=O) groups is 2. The van der Waals surface area contributed by atoms with Gasteiger partial charge >= 0.3 is 12.0 Å². The maximum Gasteiger partial charge on any atom is 0.315 e. The minimum absolute atomic E-state index is 0.0888. The summed E-state index contributed by atoms with van der Waals surface area (Å²) in [6.07, 6.45) is 2.37. The number of hydrogen-bond acceptors (Lipinski definition) is 3. The second-order valence-electron chi connectivity index (χ2n) is 5.12.